The minimum Gasteiger partial charge on any atom is -0.455 e. The number of furan rings is 1. The van der Waals surface area contributed by atoms with Crippen molar-refractivity contribution in [3.63, 3.8) is 0 Å². The normalized spacial score (nSPS) is 11.5. The number of hydrogen-bond acceptors (Lipinski definition) is 4. The van der Waals surface area contributed by atoms with Crippen molar-refractivity contribution in [3.05, 3.63) is 176 Å². The Morgan fingerprint density at radius 2 is 0.882 bits per heavy atom. The van der Waals surface area contributed by atoms with Gasteiger partial charge in [-0.1, -0.05) is 146 Å². The first-order chi connectivity index (χ1) is 25.2. The Balaban J connectivity index is 1.13. The van der Waals surface area contributed by atoms with E-state index >= 15 is 0 Å². The Bertz CT molecular complexity index is 2900. The van der Waals surface area contributed by atoms with Crippen LogP contribution in [0.25, 0.3) is 99.9 Å². The number of rotatable bonds is 5. The van der Waals surface area contributed by atoms with Gasteiger partial charge in [-0.15, -0.1) is 0 Å². The van der Waals surface area contributed by atoms with E-state index < -0.39 is 0 Å². The molecule has 2 heterocycles. The quantitative estimate of drug-likeness (QED) is 0.186. The lowest BCUT2D eigenvalue weighted by Gasteiger charge is -2.11. The van der Waals surface area contributed by atoms with Crippen LogP contribution in [0.5, 0.6) is 0 Å². The fraction of sp³-hybridized carbons (Fsp3) is 0. The minimum absolute atomic E-state index is 0.628. The molecule has 0 saturated carbocycles. The zero-order valence-electron chi connectivity index (χ0n) is 27.5. The third kappa shape index (κ3) is 5.13. The fourth-order valence-electron chi connectivity index (χ4n) is 7.13. The van der Waals surface area contributed by atoms with E-state index in [0.717, 1.165) is 65.9 Å². The standard InChI is InChI=1S/C47H29N3O/c1-3-11-30(12-4-1)36-25-26-39-38(28-36)29-41(43-40-17-9-10-18-42(40)51-44(39)43)32-20-22-34(23-21-32)46-48-45(33-14-5-2-6-15-33)49-47(50-46)37-24-19-31-13-7-8-16-35(31)27-37/h1-29H. The molecule has 0 atom stereocenters. The Hall–Kier alpha value is -6.91. The number of aromatic nitrogens is 3. The third-order valence-electron chi connectivity index (χ3n) is 9.70. The van der Waals surface area contributed by atoms with Gasteiger partial charge in [0.25, 0.3) is 0 Å². The summed E-state index contributed by atoms with van der Waals surface area (Å²) in [7, 11) is 0. The van der Waals surface area contributed by atoms with Gasteiger partial charge < -0.3 is 4.42 Å². The molecule has 4 nitrogen and oxygen atoms in total. The van der Waals surface area contributed by atoms with Crippen molar-refractivity contribution in [2.24, 2.45) is 0 Å². The summed E-state index contributed by atoms with van der Waals surface area (Å²) in [5.41, 5.74) is 9.16. The van der Waals surface area contributed by atoms with Gasteiger partial charge >= 0.3 is 0 Å². The molecule has 0 bridgehead atoms. The lowest BCUT2D eigenvalue weighted by molar-refractivity contribution is 0.673. The summed E-state index contributed by atoms with van der Waals surface area (Å²) in [4.78, 5) is 15.0. The summed E-state index contributed by atoms with van der Waals surface area (Å²) in [5.74, 6) is 1.91. The maximum atomic E-state index is 6.58. The molecule has 2 aromatic heterocycles. The minimum atomic E-state index is 0.628. The summed E-state index contributed by atoms with van der Waals surface area (Å²) < 4.78 is 6.58. The van der Waals surface area contributed by atoms with E-state index in [0.29, 0.717) is 17.5 Å². The smallest absolute Gasteiger partial charge is 0.164 e. The molecule has 4 heteroatoms. The van der Waals surface area contributed by atoms with Crippen molar-refractivity contribution in [1.29, 1.82) is 0 Å². The molecule has 0 aliphatic rings. The van der Waals surface area contributed by atoms with Crippen LogP contribution >= 0.6 is 0 Å². The maximum Gasteiger partial charge on any atom is 0.164 e. The Kier molecular flexibility index (Phi) is 6.78. The monoisotopic (exact) mass is 651 g/mol. The van der Waals surface area contributed by atoms with Crippen LogP contribution in [-0.4, -0.2) is 15.0 Å². The predicted molar refractivity (Wildman–Crippen MR) is 209 cm³/mol. The molecule has 51 heavy (non-hydrogen) atoms. The second kappa shape index (κ2) is 11.9. The highest BCUT2D eigenvalue weighted by Crippen LogP contribution is 2.42. The molecule has 0 saturated heterocycles. The summed E-state index contributed by atoms with van der Waals surface area (Å²) in [6.07, 6.45) is 0. The average Bonchev–Trinajstić information content (AvgIpc) is 3.61. The summed E-state index contributed by atoms with van der Waals surface area (Å²) in [6, 6.07) is 61.1. The number of hydrogen-bond donors (Lipinski definition) is 0. The van der Waals surface area contributed by atoms with Gasteiger partial charge in [0.2, 0.25) is 0 Å². The number of benzene rings is 8. The van der Waals surface area contributed by atoms with Crippen LogP contribution in [0.15, 0.2) is 180 Å². The highest BCUT2D eigenvalue weighted by Gasteiger charge is 2.18. The molecule has 0 radical (unpaired) electrons. The Morgan fingerprint density at radius 1 is 0.333 bits per heavy atom. The lowest BCUT2D eigenvalue weighted by atomic mass is 9.93. The van der Waals surface area contributed by atoms with Crippen LogP contribution in [0.2, 0.25) is 0 Å². The number of nitrogens with zero attached hydrogens (tertiary/aromatic N) is 3. The van der Waals surface area contributed by atoms with Crippen molar-refractivity contribution in [2.75, 3.05) is 0 Å². The van der Waals surface area contributed by atoms with Crippen molar-refractivity contribution in [2.45, 2.75) is 0 Å². The van der Waals surface area contributed by atoms with E-state index in [1.807, 2.05) is 48.5 Å². The molecule has 0 fully saturated rings. The van der Waals surface area contributed by atoms with Crippen molar-refractivity contribution >= 4 is 43.5 Å². The molecule has 0 aliphatic heterocycles. The highest BCUT2D eigenvalue weighted by molar-refractivity contribution is 6.21. The maximum absolute atomic E-state index is 6.58. The summed E-state index contributed by atoms with van der Waals surface area (Å²) in [6.45, 7) is 0. The molecule has 10 aromatic rings. The van der Waals surface area contributed by atoms with Crippen LogP contribution in [0.3, 0.4) is 0 Å². The average molecular weight is 652 g/mol. The predicted octanol–water partition coefficient (Wildman–Crippen LogP) is 12.4. The van der Waals surface area contributed by atoms with Crippen molar-refractivity contribution in [1.82, 2.24) is 15.0 Å². The SMILES string of the molecule is c1ccc(-c2ccc3c(c2)cc(-c2ccc(-c4nc(-c5ccccc5)nc(-c5ccc6ccccc6c5)n4)cc2)c2c4ccccc4oc32)cc1. The van der Waals surface area contributed by atoms with Gasteiger partial charge in [0.05, 0.1) is 0 Å². The van der Waals surface area contributed by atoms with E-state index in [1.165, 1.54) is 16.5 Å². The number of para-hydroxylation sites is 1. The van der Waals surface area contributed by atoms with Crippen molar-refractivity contribution < 1.29 is 4.42 Å². The van der Waals surface area contributed by atoms with Crippen molar-refractivity contribution in [3.8, 4) is 56.4 Å². The Morgan fingerprint density at radius 3 is 1.65 bits per heavy atom. The molecule has 238 valence electrons. The van der Waals surface area contributed by atoms with Crippen LogP contribution in [-0.2, 0) is 0 Å². The van der Waals surface area contributed by atoms with E-state index in [2.05, 4.69) is 127 Å². The first-order valence-corrected chi connectivity index (χ1v) is 17.1. The van der Waals surface area contributed by atoms with Gasteiger partial charge in [0.15, 0.2) is 17.5 Å². The van der Waals surface area contributed by atoms with Crippen LogP contribution in [0.1, 0.15) is 0 Å². The first kappa shape index (κ1) is 29.0. The van der Waals surface area contributed by atoms with Gasteiger partial charge in [-0.2, -0.15) is 0 Å². The largest absolute Gasteiger partial charge is 0.455 e. The molecule has 0 amide bonds. The van der Waals surface area contributed by atoms with Gasteiger partial charge in [-0.25, -0.2) is 15.0 Å². The first-order valence-electron chi connectivity index (χ1n) is 17.1. The van der Waals surface area contributed by atoms with Crippen LogP contribution < -0.4 is 0 Å². The topological polar surface area (TPSA) is 51.8 Å². The Labute approximate surface area is 294 Å². The third-order valence-corrected chi connectivity index (χ3v) is 9.70. The molecule has 10 rings (SSSR count). The van der Waals surface area contributed by atoms with Crippen LogP contribution in [0, 0.1) is 0 Å². The van der Waals surface area contributed by atoms with Gasteiger partial charge in [0, 0.05) is 32.8 Å². The second-order valence-electron chi connectivity index (χ2n) is 12.8. The zero-order chi connectivity index (χ0) is 33.7. The molecule has 0 N–H and O–H groups in total. The highest BCUT2D eigenvalue weighted by atomic mass is 16.3. The van der Waals surface area contributed by atoms with Gasteiger partial charge in [0.1, 0.15) is 11.2 Å². The van der Waals surface area contributed by atoms with Gasteiger partial charge in [-0.3, -0.25) is 0 Å². The second-order valence-corrected chi connectivity index (χ2v) is 12.8. The molecular weight excluding hydrogens is 623 g/mol. The molecule has 0 unspecified atom stereocenters. The molecular formula is C47H29N3O. The summed E-state index contributed by atoms with van der Waals surface area (Å²) in [5, 5.41) is 6.77. The molecule has 0 spiro atoms. The van der Waals surface area contributed by atoms with E-state index in [4.69, 9.17) is 19.4 Å². The van der Waals surface area contributed by atoms with Crippen LogP contribution in [0.4, 0.5) is 0 Å². The fourth-order valence-corrected chi connectivity index (χ4v) is 7.13. The molecule has 0 aliphatic carbocycles. The van der Waals surface area contributed by atoms with E-state index in [9.17, 15) is 0 Å². The summed E-state index contributed by atoms with van der Waals surface area (Å²) >= 11 is 0. The number of fused-ring (bicyclic) bond motifs is 6. The zero-order valence-corrected chi connectivity index (χ0v) is 27.5. The van der Waals surface area contributed by atoms with Gasteiger partial charge in [-0.05, 0) is 68.7 Å². The lowest BCUT2D eigenvalue weighted by Crippen LogP contribution is -2.00. The van der Waals surface area contributed by atoms with E-state index in [-0.39, 0.29) is 0 Å². The van der Waals surface area contributed by atoms with E-state index in [1.54, 1.807) is 0 Å². The molecule has 8 aromatic carbocycles.